The highest BCUT2D eigenvalue weighted by Crippen LogP contribution is 2.18. The van der Waals surface area contributed by atoms with E-state index in [9.17, 15) is 28.8 Å². The fourth-order valence-corrected chi connectivity index (χ4v) is 6.00. The minimum absolute atomic E-state index is 0.00590. The van der Waals surface area contributed by atoms with Crippen molar-refractivity contribution in [2.75, 3.05) is 20.6 Å². The summed E-state index contributed by atoms with van der Waals surface area (Å²) in [5.74, 6) is -3.53. The van der Waals surface area contributed by atoms with Crippen molar-refractivity contribution in [1.82, 2.24) is 25.8 Å². The monoisotopic (exact) mass is 721 g/mol. The second-order valence-electron chi connectivity index (χ2n) is 14.2. The normalized spacial score (nSPS) is 14.0. The number of hydrogen-bond donors (Lipinski definition) is 5. The average Bonchev–Trinajstić information content (AvgIpc) is 3.10. The van der Waals surface area contributed by atoms with Crippen LogP contribution in [0.3, 0.4) is 0 Å². The van der Waals surface area contributed by atoms with Gasteiger partial charge in [0.2, 0.25) is 35.4 Å². The number of unbranched alkanes of at least 4 members (excludes halogenated alkanes) is 1. The Bertz CT molecular complexity index is 1470. The Morgan fingerprint density at radius 1 is 0.673 bits per heavy atom. The van der Waals surface area contributed by atoms with Crippen LogP contribution in [0.15, 0.2) is 60.7 Å². The quantitative estimate of drug-likeness (QED) is 0.121. The minimum atomic E-state index is -1.06. The molecule has 2 aromatic carbocycles. The fraction of sp³-hybridized carbons (Fsp3) is 0.538. The Hall–Kier alpha value is -4.78. The molecule has 0 heterocycles. The smallest absolute Gasteiger partial charge is 0.245 e. The first kappa shape index (κ1) is 43.4. The van der Waals surface area contributed by atoms with Gasteiger partial charge in [0.25, 0.3) is 0 Å². The summed E-state index contributed by atoms with van der Waals surface area (Å²) in [6, 6.07) is 13.4. The van der Waals surface area contributed by atoms with Gasteiger partial charge in [-0.1, -0.05) is 88.4 Å². The molecule has 0 spiro atoms. The molecule has 0 aromatic heterocycles. The molecule has 0 radical (unpaired) electrons. The summed E-state index contributed by atoms with van der Waals surface area (Å²) in [5, 5.41) is 8.35. The predicted molar refractivity (Wildman–Crippen MR) is 201 cm³/mol. The van der Waals surface area contributed by atoms with Crippen LogP contribution in [-0.4, -0.2) is 96.1 Å². The van der Waals surface area contributed by atoms with Crippen molar-refractivity contribution >= 4 is 35.4 Å². The number of rotatable bonds is 21. The molecule has 13 heteroatoms. The Balaban J connectivity index is 2.39. The predicted octanol–water partition coefficient (Wildman–Crippen LogP) is 1.92. The number of nitrogens with two attached hydrogens (primary N) is 2. The van der Waals surface area contributed by atoms with Gasteiger partial charge in [-0.25, -0.2) is 0 Å². The molecular formula is C39H59N7O6. The SMILES string of the molecule is CC(=O)N[C@@H](CCCCN)C(=O)N(C)[C@@H](CC(C)C)C(=O)N[C@H](C(=O)N(C)[C@@H](Cc1ccccc1)C(=O)NC(Cc1ccccc1)C(N)=O)C(C)C. The van der Waals surface area contributed by atoms with Gasteiger partial charge in [0.15, 0.2) is 0 Å². The van der Waals surface area contributed by atoms with E-state index in [1.165, 1.54) is 30.8 Å². The van der Waals surface area contributed by atoms with Crippen LogP contribution in [-0.2, 0) is 41.6 Å². The molecule has 13 nitrogen and oxygen atoms in total. The number of carbonyl (C=O) groups is 6. The topological polar surface area (TPSA) is 197 Å². The van der Waals surface area contributed by atoms with E-state index >= 15 is 0 Å². The van der Waals surface area contributed by atoms with E-state index in [0.717, 1.165) is 11.1 Å². The van der Waals surface area contributed by atoms with Gasteiger partial charge in [-0.3, -0.25) is 28.8 Å². The van der Waals surface area contributed by atoms with Crippen LogP contribution in [0.1, 0.15) is 71.4 Å². The van der Waals surface area contributed by atoms with E-state index < -0.39 is 65.7 Å². The molecular weight excluding hydrogens is 662 g/mol. The van der Waals surface area contributed by atoms with Gasteiger partial charge in [0, 0.05) is 33.9 Å². The maximum Gasteiger partial charge on any atom is 0.245 e. The Morgan fingerprint density at radius 3 is 1.67 bits per heavy atom. The molecule has 2 aromatic rings. The highest BCUT2D eigenvalue weighted by molar-refractivity contribution is 5.96. The molecule has 7 N–H and O–H groups in total. The van der Waals surface area contributed by atoms with Crippen LogP contribution < -0.4 is 27.4 Å². The first-order valence-electron chi connectivity index (χ1n) is 18.1. The molecule has 6 amide bonds. The largest absolute Gasteiger partial charge is 0.368 e. The van der Waals surface area contributed by atoms with Crippen molar-refractivity contribution in [2.45, 2.75) is 103 Å². The average molecular weight is 722 g/mol. The first-order chi connectivity index (χ1) is 24.6. The van der Waals surface area contributed by atoms with Crippen LogP contribution in [0.5, 0.6) is 0 Å². The molecule has 5 atom stereocenters. The van der Waals surface area contributed by atoms with Gasteiger partial charge >= 0.3 is 0 Å². The molecule has 2 rings (SSSR count). The number of nitrogens with one attached hydrogen (secondary N) is 3. The molecule has 286 valence electrons. The number of amides is 6. The minimum Gasteiger partial charge on any atom is -0.368 e. The molecule has 0 aliphatic rings. The molecule has 0 bridgehead atoms. The Kier molecular flexibility index (Phi) is 18.0. The maximum atomic E-state index is 14.3. The standard InChI is InChI=1S/C39H59N7O6/c1-25(2)22-32(45(6)38(51)30(42-27(5)47)20-14-15-21-40)37(50)44-34(26(3)4)39(52)46(7)33(24-29-18-12-9-13-19-29)36(49)43-31(35(41)48)23-28-16-10-8-11-17-28/h8-13,16-19,25-26,30-34H,14-15,20-24,40H2,1-7H3,(H2,41,48)(H,42,47)(H,43,49)(H,44,50)/t30-,31?,32-,33-,34-/m0/s1. The lowest BCUT2D eigenvalue weighted by molar-refractivity contribution is -0.146. The molecule has 0 fully saturated rings. The molecule has 0 aliphatic heterocycles. The van der Waals surface area contributed by atoms with Crippen molar-refractivity contribution in [2.24, 2.45) is 23.3 Å². The Labute approximate surface area is 308 Å². The summed E-state index contributed by atoms with van der Waals surface area (Å²) < 4.78 is 0. The van der Waals surface area contributed by atoms with E-state index in [0.29, 0.717) is 32.2 Å². The second kappa shape index (κ2) is 21.6. The van der Waals surface area contributed by atoms with Gasteiger partial charge in [0.1, 0.15) is 30.2 Å². The van der Waals surface area contributed by atoms with Crippen LogP contribution in [0.25, 0.3) is 0 Å². The summed E-state index contributed by atoms with van der Waals surface area (Å²) in [7, 11) is 3.02. The summed E-state index contributed by atoms with van der Waals surface area (Å²) in [5.41, 5.74) is 12.9. The van der Waals surface area contributed by atoms with E-state index in [4.69, 9.17) is 11.5 Å². The number of hydrogen-bond acceptors (Lipinski definition) is 7. The van der Waals surface area contributed by atoms with Crippen LogP contribution in [0.4, 0.5) is 0 Å². The van der Waals surface area contributed by atoms with Crippen LogP contribution >= 0.6 is 0 Å². The van der Waals surface area contributed by atoms with E-state index in [1.807, 2.05) is 74.5 Å². The summed E-state index contributed by atoms with van der Waals surface area (Å²) >= 11 is 0. The zero-order valence-electron chi connectivity index (χ0n) is 31.8. The second-order valence-corrected chi connectivity index (χ2v) is 14.2. The maximum absolute atomic E-state index is 14.3. The highest BCUT2D eigenvalue weighted by Gasteiger charge is 2.38. The van der Waals surface area contributed by atoms with Gasteiger partial charge in [-0.05, 0) is 55.2 Å². The number of primary amides is 1. The molecule has 0 aliphatic carbocycles. The van der Waals surface area contributed by atoms with Crippen LogP contribution in [0, 0.1) is 11.8 Å². The van der Waals surface area contributed by atoms with E-state index in [2.05, 4.69) is 16.0 Å². The Morgan fingerprint density at radius 2 is 1.19 bits per heavy atom. The van der Waals surface area contributed by atoms with Crippen molar-refractivity contribution in [3.8, 4) is 0 Å². The van der Waals surface area contributed by atoms with Crippen molar-refractivity contribution in [3.63, 3.8) is 0 Å². The third kappa shape index (κ3) is 13.7. The lowest BCUT2D eigenvalue weighted by Gasteiger charge is -2.35. The van der Waals surface area contributed by atoms with Crippen molar-refractivity contribution in [1.29, 1.82) is 0 Å². The van der Waals surface area contributed by atoms with Crippen LogP contribution in [0.2, 0.25) is 0 Å². The number of nitrogens with zero attached hydrogens (tertiary/aromatic N) is 2. The van der Waals surface area contributed by atoms with Gasteiger partial charge in [-0.15, -0.1) is 0 Å². The molecule has 1 unspecified atom stereocenters. The third-order valence-corrected chi connectivity index (χ3v) is 9.00. The third-order valence-electron chi connectivity index (χ3n) is 9.00. The summed E-state index contributed by atoms with van der Waals surface area (Å²) in [6.07, 6.45) is 2.25. The summed E-state index contributed by atoms with van der Waals surface area (Å²) in [4.78, 5) is 83.1. The number of carbonyl (C=O) groups excluding carboxylic acids is 6. The first-order valence-corrected chi connectivity index (χ1v) is 18.1. The molecule has 0 saturated heterocycles. The van der Waals surface area contributed by atoms with Crippen molar-refractivity contribution in [3.05, 3.63) is 71.8 Å². The van der Waals surface area contributed by atoms with E-state index in [-0.39, 0.29) is 24.7 Å². The zero-order valence-corrected chi connectivity index (χ0v) is 31.8. The number of benzene rings is 2. The molecule has 52 heavy (non-hydrogen) atoms. The van der Waals surface area contributed by atoms with Crippen molar-refractivity contribution < 1.29 is 28.8 Å². The number of likely N-dealkylation sites (N-methyl/N-ethyl adjacent to an activating group) is 2. The van der Waals surface area contributed by atoms with E-state index in [1.54, 1.807) is 13.8 Å². The zero-order chi connectivity index (χ0) is 39.0. The lowest BCUT2D eigenvalue weighted by Crippen LogP contribution is -2.61. The summed E-state index contributed by atoms with van der Waals surface area (Å²) in [6.45, 7) is 9.19. The highest BCUT2D eigenvalue weighted by atomic mass is 16.2. The van der Waals surface area contributed by atoms with Gasteiger partial charge < -0.3 is 37.2 Å². The fourth-order valence-electron chi connectivity index (χ4n) is 6.00. The van der Waals surface area contributed by atoms with Gasteiger partial charge in [0.05, 0.1) is 0 Å². The van der Waals surface area contributed by atoms with Gasteiger partial charge in [-0.2, -0.15) is 0 Å². The molecule has 0 saturated carbocycles. The lowest BCUT2D eigenvalue weighted by atomic mass is 9.97.